The van der Waals surface area contributed by atoms with Crippen LogP contribution in [0.5, 0.6) is 0 Å². The van der Waals surface area contributed by atoms with E-state index in [9.17, 15) is 9.69 Å². The topological polar surface area (TPSA) is 65.0 Å². The summed E-state index contributed by atoms with van der Waals surface area (Å²) in [7, 11) is -2.92. The molecule has 0 aromatic rings. The lowest BCUT2D eigenvalue weighted by Gasteiger charge is -2.19. The molecule has 1 fully saturated rings. The largest absolute Gasteiger partial charge is 0.463 e. The van der Waals surface area contributed by atoms with Gasteiger partial charge in [-0.25, -0.2) is 4.79 Å². The average Bonchev–Trinajstić information content (AvgIpc) is 2.04. The van der Waals surface area contributed by atoms with Crippen molar-refractivity contribution in [2.24, 2.45) is 0 Å². The van der Waals surface area contributed by atoms with Gasteiger partial charge in [0.25, 0.3) is 0 Å². The van der Waals surface area contributed by atoms with Crippen LogP contribution in [-0.4, -0.2) is 36.8 Å². The predicted octanol–water partition coefficient (Wildman–Crippen LogP) is 0.741. The van der Waals surface area contributed by atoms with E-state index in [1.54, 1.807) is 6.92 Å². The molecular formula is C7H14O5P+. The molecule has 5 nitrogen and oxygen atoms in total. The van der Waals surface area contributed by atoms with Crippen molar-refractivity contribution >= 4 is 13.9 Å². The SMILES string of the molecule is CCOC(=O)C[P+]1(O)OCCCO1. The summed E-state index contributed by atoms with van der Waals surface area (Å²) in [5, 5.41) is 0. The first-order chi connectivity index (χ1) is 6.16. The summed E-state index contributed by atoms with van der Waals surface area (Å²) in [6, 6.07) is 0. The normalized spacial score (nSPS) is 21.1. The van der Waals surface area contributed by atoms with Crippen LogP contribution in [0.4, 0.5) is 0 Å². The van der Waals surface area contributed by atoms with Crippen molar-refractivity contribution in [3.63, 3.8) is 0 Å². The Morgan fingerprint density at radius 2 is 2.15 bits per heavy atom. The molecule has 0 aromatic carbocycles. The van der Waals surface area contributed by atoms with Gasteiger partial charge in [0, 0.05) is 6.42 Å². The van der Waals surface area contributed by atoms with Gasteiger partial charge in [0.05, 0.1) is 19.8 Å². The summed E-state index contributed by atoms with van der Waals surface area (Å²) in [5.41, 5.74) is 0. The van der Waals surface area contributed by atoms with E-state index in [2.05, 4.69) is 4.74 Å². The van der Waals surface area contributed by atoms with Crippen LogP contribution in [0.15, 0.2) is 0 Å². The molecular weight excluding hydrogens is 195 g/mol. The van der Waals surface area contributed by atoms with E-state index >= 15 is 0 Å². The maximum absolute atomic E-state index is 11.0. The van der Waals surface area contributed by atoms with E-state index in [1.807, 2.05) is 0 Å². The highest BCUT2D eigenvalue weighted by atomic mass is 31.2. The summed E-state index contributed by atoms with van der Waals surface area (Å²) in [6.45, 7) is 2.91. The third-order valence-electron chi connectivity index (χ3n) is 1.51. The zero-order chi connectivity index (χ0) is 9.73. The molecule has 0 radical (unpaired) electrons. The van der Waals surface area contributed by atoms with Crippen molar-refractivity contribution in [3.05, 3.63) is 0 Å². The van der Waals surface area contributed by atoms with E-state index in [0.29, 0.717) is 19.8 Å². The van der Waals surface area contributed by atoms with Crippen LogP contribution >= 0.6 is 7.94 Å². The lowest BCUT2D eigenvalue weighted by Crippen LogP contribution is -2.21. The van der Waals surface area contributed by atoms with Crippen LogP contribution in [0, 0.1) is 0 Å². The zero-order valence-electron chi connectivity index (χ0n) is 7.56. The molecule has 6 heteroatoms. The molecule has 0 aliphatic carbocycles. The van der Waals surface area contributed by atoms with Gasteiger partial charge in [-0.05, 0) is 6.92 Å². The molecule has 0 unspecified atom stereocenters. The summed E-state index contributed by atoms with van der Waals surface area (Å²) in [6.07, 6.45) is 0.589. The first-order valence-corrected chi connectivity index (χ1v) is 5.98. The monoisotopic (exact) mass is 209 g/mol. The lowest BCUT2D eigenvalue weighted by atomic mass is 10.5. The molecule has 0 atom stereocenters. The third kappa shape index (κ3) is 3.56. The molecule has 1 heterocycles. The van der Waals surface area contributed by atoms with Crippen LogP contribution < -0.4 is 0 Å². The molecule has 1 aliphatic heterocycles. The maximum Gasteiger partial charge on any atom is 0.420 e. The molecule has 0 saturated carbocycles. The van der Waals surface area contributed by atoms with Gasteiger partial charge >= 0.3 is 13.9 Å². The number of carbonyl (C=O) groups is 1. The Morgan fingerprint density at radius 3 is 2.69 bits per heavy atom. The van der Waals surface area contributed by atoms with Gasteiger partial charge in [0.2, 0.25) is 6.16 Å². The van der Waals surface area contributed by atoms with E-state index < -0.39 is 13.9 Å². The lowest BCUT2D eigenvalue weighted by molar-refractivity contribution is -0.140. The van der Waals surface area contributed by atoms with Crippen molar-refractivity contribution in [1.29, 1.82) is 0 Å². The first kappa shape index (κ1) is 10.9. The molecule has 13 heavy (non-hydrogen) atoms. The Labute approximate surface area is 77.6 Å². The fourth-order valence-electron chi connectivity index (χ4n) is 0.972. The molecule has 1 rings (SSSR count). The van der Waals surface area contributed by atoms with Crippen molar-refractivity contribution in [2.75, 3.05) is 26.0 Å². The van der Waals surface area contributed by atoms with Crippen molar-refractivity contribution in [1.82, 2.24) is 0 Å². The van der Waals surface area contributed by atoms with Gasteiger partial charge in [-0.3, -0.25) is 0 Å². The van der Waals surface area contributed by atoms with Gasteiger partial charge in [-0.1, -0.05) is 0 Å². The Balaban J connectivity index is 2.36. The van der Waals surface area contributed by atoms with Gasteiger partial charge in [-0.2, -0.15) is 13.9 Å². The van der Waals surface area contributed by atoms with Crippen molar-refractivity contribution < 1.29 is 23.5 Å². The molecule has 0 aromatic heterocycles. The Morgan fingerprint density at radius 1 is 1.54 bits per heavy atom. The standard InChI is InChI=1S/C7H14O5P/c1-2-10-7(8)6-13(9)11-4-3-5-12-13/h9H,2-6H2,1H3/q+1. The number of ether oxygens (including phenoxy) is 1. The highest BCUT2D eigenvalue weighted by molar-refractivity contribution is 7.61. The first-order valence-electron chi connectivity index (χ1n) is 4.22. The van der Waals surface area contributed by atoms with E-state index in [-0.39, 0.29) is 6.16 Å². The molecule has 0 amide bonds. The Kier molecular flexibility index (Phi) is 4.06. The van der Waals surface area contributed by atoms with Gasteiger partial charge in [-0.15, -0.1) is 0 Å². The molecule has 0 bridgehead atoms. The number of rotatable bonds is 3. The van der Waals surface area contributed by atoms with E-state index in [4.69, 9.17) is 9.05 Å². The molecule has 1 saturated heterocycles. The molecule has 0 spiro atoms. The van der Waals surface area contributed by atoms with Crippen LogP contribution in [0.3, 0.4) is 0 Å². The zero-order valence-corrected chi connectivity index (χ0v) is 8.46. The quantitative estimate of drug-likeness (QED) is 0.548. The molecule has 1 N–H and O–H groups in total. The van der Waals surface area contributed by atoms with Crippen LogP contribution in [-0.2, 0) is 18.6 Å². The summed E-state index contributed by atoms with van der Waals surface area (Å²) in [4.78, 5) is 20.6. The smallest absolute Gasteiger partial charge is 0.420 e. The van der Waals surface area contributed by atoms with E-state index in [1.165, 1.54) is 0 Å². The predicted molar refractivity (Wildman–Crippen MR) is 47.2 cm³/mol. The Hall–Kier alpha value is -0.220. The third-order valence-corrected chi connectivity index (χ3v) is 3.34. The molecule has 76 valence electrons. The second kappa shape index (κ2) is 4.86. The minimum Gasteiger partial charge on any atom is -0.463 e. The maximum atomic E-state index is 11.0. The molecule has 1 aliphatic rings. The fraction of sp³-hybridized carbons (Fsp3) is 0.857. The second-order valence-corrected chi connectivity index (χ2v) is 4.73. The average molecular weight is 209 g/mol. The number of carbonyl (C=O) groups excluding carboxylic acids is 1. The number of esters is 1. The van der Waals surface area contributed by atoms with Crippen LogP contribution in [0.2, 0.25) is 0 Å². The summed E-state index contributed by atoms with van der Waals surface area (Å²) < 4.78 is 14.7. The van der Waals surface area contributed by atoms with Gasteiger partial charge in [0.15, 0.2) is 0 Å². The van der Waals surface area contributed by atoms with Gasteiger partial charge in [0.1, 0.15) is 0 Å². The summed E-state index contributed by atoms with van der Waals surface area (Å²) in [5.74, 6) is -0.472. The fourth-order valence-corrected chi connectivity index (χ4v) is 2.48. The summed E-state index contributed by atoms with van der Waals surface area (Å²) >= 11 is 0. The Bertz CT molecular complexity index is 178. The highest BCUT2D eigenvalue weighted by Crippen LogP contribution is 2.58. The van der Waals surface area contributed by atoms with Crippen LogP contribution in [0.25, 0.3) is 0 Å². The number of hydrogen-bond donors (Lipinski definition) is 1. The second-order valence-electron chi connectivity index (χ2n) is 2.62. The van der Waals surface area contributed by atoms with E-state index in [0.717, 1.165) is 6.42 Å². The number of hydrogen-bond acceptors (Lipinski definition) is 5. The van der Waals surface area contributed by atoms with Crippen LogP contribution in [0.1, 0.15) is 13.3 Å². The van der Waals surface area contributed by atoms with Crippen molar-refractivity contribution in [3.8, 4) is 0 Å². The highest BCUT2D eigenvalue weighted by Gasteiger charge is 2.46. The minimum atomic E-state index is -2.92. The van der Waals surface area contributed by atoms with Gasteiger partial charge < -0.3 is 4.74 Å². The minimum absolute atomic E-state index is 0.166. The van der Waals surface area contributed by atoms with Crippen molar-refractivity contribution in [2.45, 2.75) is 13.3 Å².